The molecule has 0 aromatic carbocycles. The molecule has 0 saturated heterocycles. The number of aliphatic hydroxyl groups excluding tert-OH is 1. The number of carbonyl (C=O) groups is 2. The molecule has 0 radical (unpaired) electrons. The molecule has 0 bridgehead atoms. The number of hydrogen-bond donors (Lipinski definition) is 1. The van der Waals surface area contributed by atoms with Crippen molar-refractivity contribution < 1.29 is 24.2 Å². The van der Waals surface area contributed by atoms with Crippen molar-refractivity contribution in [3.8, 4) is 0 Å². The van der Waals surface area contributed by atoms with Gasteiger partial charge in [0.15, 0.2) is 6.10 Å². The van der Waals surface area contributed by atoms with E-state index in [9.17, 15) is 14.7 Å². The Hall–Kier alpha value is -4.48. The molecule has 0 rings (SSSR count). The highest BCUT2D eigenvalue weighted by Gasteiger charge is 2.16. The lowest BCUT2D eigenvalue weighted by Gasteiger charge is -2.15. The molecular weight excluding hydrogens is 909 g/mol. The van der Waals surface area contributed by atoms with Gasteiger partial charge in [0, 0.05) is 12.8 Å². The van der Waals surface area contributed by atoms with Crippen LogP contribution in [0, 0.1) is 0 Å². The van der Waals surface area contributed by atoms with E-state index in [0.29, 0.717) is 12.8 Å². The molecule has 0 heterocycles. The van der Waals surface area contributed by atoms with Crippen molar-refractivity contribution in [2.75, 3.05) is 13.2 Å². The summed E-state index contributed by atoms with van der Waals surface area (Å²) in [4.78, 5) is 24.5. The van der Waals surface area contributed by atoms with E-state index in [4.69, 9.17) is 9.47 Å². The number of hydrogen-bond acceptors (Lipinski definition) is 5. The maximum Gasteiger partial charge on any atom is 0.306 e. The number of ether oxygens (including phenoxy) is 2. The molecule has 1 atom stereocenters. The summed E-state index contributed by atoms with van der Waals surface area (Å²) < 4.78 is 10.6. The third kappa shape index (κ3) is 60.1. The van der Waals surface area contributed by atoms with E-state index in [2.05, 4.69) is 160 Å². The van der Waals surface area contributed by atoms with Gasteiger partial charge in [-0.05, 0) is 109 Å². The summed E-state index contributed by atoms with van der Waals surface area (Å²) in [5.74, 6) is -0.692. The first kappa shape index (κ1) is 69.5. The van der Waals surface area contributed by atoms with Crippen LogP contribution < -0.4 is 0 Å². The van der Waals surface area contributed by atoms with E-state index in [-0.39, 0.29) is 31.6 Å². The van der Waals surface area contributed by atoms with Gasteiger partial charge in [-0.15, -0.1) is 0 Å². The van der Waals surface area contributed by atoms with Crippen molar-refractivity contribution in [3.63, 3.8) is 0 Å². The molecule has 1 N–H and O–H groups in total. The van der Waals surface area contributed by atoms with E-state index in [1.54, 1.807) is 0 Å². The number of unbranched alkanes of at least 4 members (excludes halogenated alkanes) is 19. The Morgan fingerprint density at radius 1 is 0.311 bits per heavy atom. The van der Waals surface area contributed by atoms with E-state index in [1.807, 2.05) is 12.2 Å². The largest absolute Gasteiger partial charge is 0.462 e. The molecule has 0 saturated carbocycles. The number of rotatable bonds is 53. The minimum atomic E-state index is -0.812. The first-order chi connectivity index (χ1) is 36.6. The summed E-state index contributed by atoms with van der Waals surface area (Å²) in [7, 11) is 0. The quantitative estimate of drug-likeness (QED) is 0.0373. The second-order valence-corrected chi connectivity index (χ2v) is 19.3. The first-order valence-electron chi connectivity index (χ1n) is 30.0. The number of allylic oxidation sites excluding steroid dienone is 26. The summed E-state index contributed by atoms with van der Waals surface area (Å²) in [5, 5.41) is 9.64. The van der Waals surface area contributed by atoms with Gasteiger partial charge in [-0.3, -0.25) is 9.59 Å². The van der Waals surface area contributed by atoms with Crippen molar-refractivity contribution in [1.29, 1.82) is 0 Å². The second kappa shape index (κ2) is 62.8. The van der Waals surface area contributed by atoms with Gasteiger partial charge in [-0.25, -0.2) is 0 Å². The maximum absolute atomic E-state index is 12.3. The molecule has 1 unspecified atom stereocenters. The highest BCUT2D eigenvalue weighted by Crippen LogP contribution is 2.16. The molecule has 0 aromatic heterocycles. The molecule has 74 heavy (non-hydrogen) atoms. The van der Waals surface area contributed by atoms with Gasteiger partial charge in [0.05, 0.1) is 6.61 Å². The van der Waals surface area contributed by atoms with Crippen molar-refractivity contribution in [3.05, 3.63) is 158 Å². The molecular formula is C69H110O5. The van der Waals surface area contributed by atoms with E-state index in [0.717, 1.165) is 103 Å². The molecule has 0 aliphatic heterocycles. The van der Waals surface area contributed by atoms with Crippen LogP contribution in [0.3, 0.4) is 0 Å². The molecule has 5 nitrogen and oxygen atoms in total. The fourth-order valence-electron chi connectivity index (χ4n) is 7.92. The Kier molecular flexibility index (Phi) is 59.0. The van der Waals surface area contributed by atoms with Gasteiger partial charge < -0.3 is 14.6 Å². The Balaban J connectivity index is 3.54. The first-order valence-corrected chi connectivity index (χ1v) is 30.0. The summed E-state index contributed by atoms with van der Waals surface area (Å²) in [6, 6.07) is 0. The number of esters is 2. The molecule has 0 aromatic rings. The zero-order valence-corrected chi connectivity index (χ0v) is 47.5. The summed E-state index contributed by atoms with van der Waals surface area (Å²) in [5.41, 5.74) is 0. The second-order valence-electron chi connectivity index (χ2n) is 19.3. The topological polar surface area (TPSA) is 72.8 Å². The van der Waals surface area contributed by atoms with Gasteiger partial charge in [0.25, 0.3) is 0 Å². The molecule has 0 aliphatic rings. The molecule has 0 spiro atoms. The van der Waals surface area contributed by atoms with Gasteiger partial charge in [0.2, 0.25) is 0 Å². The third-order valence-electron chi connectivity index (χ3n) is 12.3. The van der Waals surface area contributed by atoms with Crippen LogP contribution in [0.25, 0.3) is 0 Å². The molecule has 416 valence electrons. The Labute approximate surface area is 456 Å². The smallest absolute Gasteiger partial charge is 0.306 e. The highest BCUT2D eigenvalue weighted by molar-refractivity contribution is 5.70. The average Bonchev–Trinajstić information content (AvgIpc) is 3.40. The van der Waals surface area contributed by atoms with Crippen LogP contribution in [0.1, 0.15) is 245 Å². The normalized spacial score (nSPS) is 13.4. The van der Waals surface area contributed by atoms with E-state index in [1.165, 1.54) is 109 Å². The van der Waals surface area contributed by atoms with Crippen LogP contribution in [-0.2, 0) is 19.1 Å². The van der Waals surface area contributed by atoms with Crippen molar-refractivity contribution in [2.45, 2.75) is 251 Å². The Bertz CT molecular complexity index is 1620. The van der Waals surface area contributed by atoms with E-state index < -0.39 is 6.10 Å². The predicted molar refractivity (Wildman–Crippen MR) is 324 cm³/mol. The minimum Gasteiger partial charge on any atom is -0.462 e. The SMILES string of the molecule is CC/C=C\C/C=C\C/C=C\C/C=C\C/C=C\C/C=C\C/C=C\CCCCCCCCCCCCCCCCCCCCCC(=O)OC(CO)COC(=O)CC/C=C\C/C=C\C/C=C\C/C=C\C/C=C\C/C=C\CC. The monoisotopic (exact) mass is 1020 g/mol. The summed E-state index contributed by atoms with van der Waals surface area (Å²) >= 11 is 0. The van der Waals surface area contributed by atoms with Gasteiger partial charge in [-0.1, -0.05) is 281 Å². The van der Waals surface area contributed by atoms with Gasteiger partial charge >= 0.3 is 11.9 Å². The number of carbonyl (C=O) groups excluding carboxylic acids is 2. The third-order valence-corrected chi connectivity index (χ3v) is 12.3. The highest BCUT2D eigenvalue weighted by atomic mass is 16.6. The van der Waals surface area contributed by atoms with Crippen LogP contribution in [0.4, 0.5) is 0 Å². The lowest BCUT2D eigenvalue weighted by atomic mass is 10.0. The molecule has 5 heteroatoms. The van der Waals surface area contributed by atoms with Crippen LogP contribution in [-0.4, -0.2) is 36.4 Å². The molecule has 0 fully saturated rings. The van der Waals surface area contributed by atoms with Gasteiger partial charge in [-0.2, -0.15) is 0 Å². The van der Waals surface area contributed by atoms with Crippen molar-refractivity contribution >= 4 is 11.9 Å². The Morgan fingerprint density at radius 2 is 0.568 bits per heavy atom. The zero-order chi connectivity index (χ0) is 53.4. The van der Waals surface area contributed by atoms with E-state index >= 15 is 0 Å². The maximum atomic E-state index is 12.3. The predicted octanol–water partition coefficient (Wildman–Crippen LogP) is 20.7. The molecule has 0 aliphatic carbocycles. The number of aliphatic hydroxyl groups is 1. The summed E-state index contributed by atoms with van der Waals surface area (Å²) in [6.07, 6.45) is 96.8. The minimum absolute atomic E-state index is 0.113. The average molecular weight is 1020 g/mol. The van der Waals surface area contributed by atoms with Crippen LogP contribution in [0.5, 0.6) is 0 Å². The lowest BCUT2D eigenvalue weighted by molar-refractivity contribution is -0.161. The van der Waals surface area contributed by atoms with Crippen LogP contribution in [0.15, 0.2) is 158 Å². The standard InChI is InChI=1S/C69H110O5/c1-3-5-7-9-11-13-15-17-19-21-23-24-25-26-27-28-29-30-31-32-33-34-35-36-37-38-39-40-41-42-43-44-46-48-50-52-54-56-58-60-62-64-69(72)74-67(65-70)66-73-68(71)63-61-59-57-55-53-51-49-47-45-22-20-18-16-14-12-10-8-6-4-2/h5-8,11-14,17-20,23-24,26-27,29-30,32-33,45,47,51,53,57,59,67,70H,3-4,9-10,15-16,21-22,25,28,31,34-44,46,48-50,52,54-56,58,60-66H2,1-2H3/b7-5-,8-6-,13-11-,14-12-,19-17-,20-18-,24-23-,27-26-,30-29-,33-32-,47-45-,53-51-,59-57-. The van der Waals surface area contributed by atoms with Crippen molar-refractivity contribution in [2.24, 2.45) is 0 Å². The van der Waals surface area contributed by atoms with Gasteiger partial charge in [0.1, 0.15) is 6.61 Å². The fraction of sp³-hybridized carbons (Fsp3) is 0.594. The zero-order valence-electron chi connectivity index (χ0n) is 47.5. The summed E-state index contributed by atoms with van der Waals surface area (Å²) in [6.45, 7) is 3.84. The van der Waals surface area contributed by atoms with Crippen LogP contribution in [0.2, 0.25) is 0 Å². The van der Waals surface area contributed by atoms with Crippen LogP contribution >= 0.6 is 0 Å². The Morgan fingerprint density at radius 3 is 0.865 bits per heavy atom. The fourth-order valence-corrected chi connectivity index (χ4v) is 7.92. The van der Waals surface area contributed by atoms with Crippen molar-refractivity contribution in [1.82, 2.24) is 0 Å². The molecule has 0 amide bonds. The lowest BCUT2D eigenvalue weighted by Crippen LogP contribution is -2.28.